The number of aryl methyl sites for hydroxylation is 2. The molecule has 2 aromatic carbocycles. The highest BCUT2D eigenvalue weighted by Crippen LogP contribution is 2.37. The summed E-state index contributed by atoms with van der Waals surface area (Å²) in [4.78, 5) is 20.5. The number of carbonyl (C=O) groups excluding carboxylic acids is 1. The van der Waals surface area contributed by atoms with Crippen molar-refractivity contribution >= 4 is 28.1 Å². The van der Waals surface area contributed by atoms with Crippen LogP contribution in [0.15, 0.2) is 54.6 Å². The van der Waals surface area contributed by atoms with E-state index in [1.807, 2.05) is 56.3 Å². The lowest BCUT2D eigenvalue weighted by Crippen LogP contribution is -2.24. The van der Waals surface area contributed by atoms with Gasteiger partial charge < -0.3 is 0 Å². The Morgan fingerprint density at radius 3 is 2.48 bits per heavy atom. The molecule has 0 aliphatic carbocycles. The van der Waals surface area contributed by atoms with Crippen LogP contribution in [0.25, 0.3) is 11.3 Å². The van der Waals surface area contributed by atoms with E-state index in [1.54, 1.807) is 16.2 Å². The summed E-state index contributed by atoms with van der Waals surface area (Å²) in [6.45, 7) is 6.05. The molecule has 0 atom stereocenters. The Hall–Kier alpha value is -2.46. The van der Waals surface area contributed by atoms with Crippen LogP contribution in [0.3, 0.4) is 0 Å². The minimum atomic E-state index is 0.0571. The van der Waals surface area contributed by atoms with E-state index in [1.165, 1.54) is 4.88 Å². The Morgan fingerprint density at radius 2 is 1.84 bits per heavy atom. The minimum Gasteiger partial charge on any atom is -0.274 e. The highest BCUT2D eigenvalue weighted by Gasteiger charge is 2.22. The molecule has 4 heteroatoms. The van der Waals surface area contributed by atoms with Gasteiger partial charge in [0.1, 0.15) is 0 Å². The van der Waals surface area contributed by atoms with Crippen LogP contribution in [0.2, 0.25) is 0 Å². The second kappa shape index (κ2) is 7.62. The predicted octanol–water partition coefficient (Wildman–Crippen LogP) is 5.76. The van der Waals surface area contributed by atoms with Crippen LogP contribution < -0.4 is 4.90 Å². The van der Waals surface area contributed by atoms with E-state index < -0.39 is 0 Å². The quantitative estimate of drug-likeness (QED) is 0.586. The SMILES string of the molecule is CCC(=O)N(c1cccc(C)c1)c1nc(-c2ccccc2)c(CC)s1. The fourth-order valence-corrected chi connectivity index (χ4v) is 3.84. The minimum absolute atomic E-state index is 0.0571. The molecule has 0 radical (unpaired) electrons. The van der Waals surface area contributed by atoms with Gasteiger partial charge in [0.25, 0.3) is 0 Å². The largest absolute Gasteiger partial charge is 0.274 e. The number of benzene rings is 2. The maximum atomic E-state index is 12.7. The molecule has 0 saturated heterocycles. The molecule has 0 bridgehead atoms. The second-order valence-electron chi connectivity index (χ2n) is 5.91. The summed E-state index contributed by atoms with van der Waals surface area (Å²) in [6, 6.07) is 18.2. The van der Waals surface area contributed by atoms with E-state index in [0.29, 0.717) is 6.42 Å². The van der Waals surface area contributed by atoms with E-state index in [-0.39, 0.29) is 5.91 Å². The number of carbonyl (C=O) groups is 1. The standard InChI is InChI=1S/C21H22N2OS/c1-4-18-20(16-11-7-6-8-12-16)22-21(25-18)23(19(24)5-2)17-13-9-10-15(3)14-17/h6-14H,4-5H2,1-3H3. The van der Waals surface area contributed by atoms with Gasteiger partial charge in [-0.3, -0.25) is 9.69 Å². The fraction of sp³-hybridized carbons (Fsp3) is 0.238. The number of nitrogens with zero attached hydrogens (tertiary/aromatic N) is 2. The molecule has 1 amide bonds. The highest BCUT2D eigenvalue weighted by molar-refractivity contribution is 7.16. The van der Waals surface area contributed by atoms with Gasteiger partial charge in [-0.15, -0.1) is 11.3 Å². The van der Waals surface area contributed by atoms with Crippen LogP contribution in [0.4, 0.5) is 10.8 Å². The van der Waals surface area contributed by atoms with Crippen LogP contribution in [0, 0.1) is 6.92 Å². The summed E-state index contributed by atoms with van der Waals surface area (Å²) >= 11 is 1.60. The summed E-state index contributed by atoms with van der Waals surface area (Å²) in [7, 11) is 0. The molecule has 0 N–H and O–H groups in total. The first kappa shape index (κ1) is 17.4. The number of anilines is 2. The Kier molecular flexibility index (Phi) is 5.29. The van der Waals surface area contributed by atoms with Gasteiger partial charge in [0.15, 0.2) is 5.13 Å². The molecule has 1 heterocycles. The van der Waals surface area contributed by atoms with Crippen molar-refractivity contribution in [1.82, 2.24) is 4.98 Å². The molecule has 25 heavy (non-hydrogen) atoms. The summed E-state index contributed by atoms with van der Waals surface area (Å²) in [5.41, 5.74) is 4.07. The van der Waals surface area contributed by atoms with Crippen molar-refractivity contribution in [3.8, 4) is 11.3 Å². The first-order valence-corrected chi connectivity index (χ1v) is 9.40. The predicted molar refractivity (Wildman–Crippen MR) is 106 cm³/mol. The van der Waals surface area contributed by atoms with E-state index in [4.69, 9.17) is 4.98 Å². The molecular formula is C21H22N2OS. The highest BCUT2D eigenvalue weighted by atomic mass is 32.1. The third kappa shape index (κ3) is 3.64. The van der Waals surface area contributed by atoms with Crippen LogP contribution in [-0.4, -0.2) is 10.9 Å². The van der Waals surface area contributed by atoms with Crippen LogP contribution >= 0.6 is 11.3 Å². The van der Waals surface area contributed by atoms with Crippen LogP contribution in [0.5, 0.6) is 0 Å². The first-order chi connectivity index (χ1) is 12.1. The zero-order valence-corrected chi connectivity index (χ0v) is 15.6. The van der Waals surface area contributed by atoms with Gasteiger partial charge in [-0.1, -0.05) is 56.3 Å². The molecule has 0 aliphatic rings. The lowest BCUT2D eigenvalue weighted by atomic mass is 10.1. The van der Waals surface area contributed by atoms with Crippen molar-refractivity contribution in [2.45, 2.75) is 33.6 Å². The number of hydrogen-bond donors (Lipinski definition) is 0. The lowest BCUT2D eigenvalue weighted by Gasteiger charge is -2.19. The smallest absolute Gasteiger partial charge is 0.233 e. The number of aromatic nitrogens is 1. The third-order valence-electron chi connectivity index (χ3n) is 4.06. The zero-order chi connectivity index (χ0) is 17.8. The Bertz CT molecular complexity index is 871. The second-order valence-corrected chi connectivity index (χ2v) is 6.97. The molecule has 0 saturated carbocycles. The van der Waals surface area contributed by atoms with Gasteiger partial charge in [-0.2, -0.15) is 0 Å². The summed E-state index contributed by atoms with van der Waals surface area (Å²) < 4.78 is 0. The van der Waals surface area contributed by atoms with Gasteiger partial charge in [0.05, 0.1) is 11.4 Å². The fourth-order valence-electron chi connectivity index (χ4n) is 2.78. The van der Waals surface area contributed by atoms with Crippen molar-refractivity contribution < 1.29 is 4.79 Å². The third-order valence-corrected chi connectivity index (χ3v) is 5.24. The van der Waals surface area contributed by atoms with Crippen molar-refractivity contribution in [2.75, 3.05) is 4.90 Å². The molecule has 128 valence electrons. The lowest BCUT2D eigenvalue weighted by molar-refractivity contribution is -0.117. The van der Waals surface area contributed by atoms with Crippen molar-refractivity contribution in [3.63, 3.8) is 0 Å². The molecule has 0 unspecified atom stereocenters. The van der Waals surface area contributed by atoms with Crippen molar-refractivity contribution in [2.24, 2.45) is 0 Å². The summed E-state index contributed by atoms with van der Waals surface area (Å²) in [5, 5.41) is 0.744. The van der Waals surface area contributed by atoms with Gasteiger partial charge >= 0.3 is 0 Å². The Morgan fingerprint density at radius 1 is 1.08 bits per heavy atom. The molecule has 0 spiro atoms. The number of thiazole rings is 1. The normalized spacial score (nSPS) is 10.7. The maximum absolute atomic E-state index is 12.7. The topological polar surface area (TPSA) is 33.2 Å². The van der Waals surface area contributed by atoms with Crippen molar-refractivity contribution in [3.05, 3.63) is 65.0 Å². The summed E-state index contributed by atoms with van der Waals surface area (Å²) in [6.07, 6.45) is 1.33. The first-order valence-electron chi connectivity index (χ1n) is 8.58. The van der Waals surface area contributed by atoms with E-state index in [2.05, 4.69) is 19.1 Å². The molecule has 3 nitrogen and oxygen atoms in total. The van der Waals surface area contributed by atoms with Crippen LogP contribution in [-0.2, 0) is 11.2 Å². The monoisotopic (exact) mass is 350 g/mol. The summed E-state index contributed by atoms with van der Waals surface area (Å²) in [5.74, 6) is 0.0571. The zero-order valence-electron chi connectivity index (χ0n) is 14.8. The van der Waals surface area contributed by atoms with Gasteiger partial charge in [-0.05, 0) is 31.0 Å². The molecule has 3 rings (SSSR count). The van der Waals surface area contributed by atoms with Gasteiger partial charge in [0.2, 0.25) is 5.91 Å². The molecule has 0 aliphatic heterocycles. The van der Waals surface area contributed by atoms with Crippen LogP contribution in [0.1, 0.15) is 30.7 Å². The van der Waals surface area contributed by atoms with E-state index in [0.717, 1.165) is 34.1 Å². The Balaban J connectivity index is 2.11. The van der Waals surface area contributed by atoms with Gasteiger partial charge in [0, 0.05) is 16.9 Å². The maximum Gasteiger partial charge on any atom is 0.233 e. The van der Waals surface area contributed by atoms with Gasteiger partial charge in [-0.25, -0.2) is 4.98 Å². The molecule has 1 aromatic heterocycles. The average molecular weight is 350 g/mol. The number of amides is 1. The average Bonchev–Trinajstić information content (AvgIpc) is 3.06. The molecular weight excluding hydrogens is 328 g/mol. The van der Waals surface area contributed by atoms with E-state index >= 15 is 0 Å². The Labute approximate surface area is 153 Å². The van der Waals surface area contributed by atoms with E-state index in [9.17, 15) is 4.79 Å². The number of hydrogen-bond acceptors (Lipinski definition) is 3. The van der Waals surface area contributed by atoms with Crippen molar-refractivity contribution in [1.29, 1.82) is 0 Å². The number of rotatable bonds is 5. The molecule has 0 fully saturated rings. The molecule has 3 aromatic rings.